The molecule has 1 unspecified atom stereocenters. The highest BCUT2D eigenvalue weighted by Crippen LogP contribution is 2.31. The van der Waals surface area contributed by atoms with Crippen molar-refractivity contribution in [1.29, 1.82) is 0 Å². The van der Waals surface area contributed by atoms with E-state index < -0.39 is 16.1 Å². The molecule has 1 amide bonds. The molecule has 0 bridgehead atoms. The van der Waals surface area contributed by atoms with E-state index in [1.54, 1.807) is 17.9 Å². The second kappa shape index (κ2) is 7.59. The van der Waals surface area contributed by atoms with Gasteiger partial charge in [-0.3, -0.25) is 4.79 Å². The molecule has 2 aliphatic heterocycles. The number of hydrogen-bond acceptors (Lipinski definition) is 6. The van der Waals surface area contributed by atoms with Gasteiger partial charge in [0.1, 0.15) is 0 Å². The van der Waals surface area contributed by atoms with Crippen LogP contribution < -0.4 is 19.5 Å². The van der Waals surface area contributed by atoms with Crippen LogP contribution in [0.5, 0.6) is 11.5 Å². The van der Waals surface area contributed by atoms with Crippen LogP contribution >= 0.6 is 0 Å². The minimum absolute atomic E-state index is 0.0525. The highest BCUT2D eigenvalue weighted by atomic mass is 32.2. The molecule has 1 saturated heterocycles. The van der Waals surface area contributed by atoms with Gasteiger partial charge >= 0.3 is 0 Å². The van der Waals surface area contributed by atoms with Crippen molar-refractivity contribution in [3.63, 3.8) is 0 Å². The Balaban J connectivity index is 1.72. The zero-order valence-corrected chi connectivity index (χ0v) is 15.0. The fourth-order valence-electron chi connectivity index (χ4n) is 2.82. The van der Waals surface area contributed by atoms with Crippen molar-refractivity contribution in [3.8, 4) is 11.5 Å². The number of fused-ring (bicyclic) bond motifs is 1. The Bertz CT molecular complexity index is 731. The molecule has 1 aromatic rings. The van der Waals surface area contributed by atoms with Gasteiger partial charge in [0, 0.05) is 38.7 Å². The lowest BCUT2D eigenvalue weighted by atomic mass is 10.2. The van der Waals surface area contributed by atoms with E-state index in [0.29, 0.717) is 50.9 Å². The van der Waals surface area contributed by atoms with Gasteiger partial charge in [-0.05, 0) is 19.1 Å². The highest BCUT2D eigenvalue weighted by Gasteiger charge is 2.27. The van der Waals surface area contributed by atoms with Gasteiger partial charge in [0.15, 0.2) is 11.5 Å². The predicted octanol–water partition coefficient (Wildman–Crippen LogP) is -0.0535. The molecule has 0 aromatic heterocycles. The van der Waals surface area contributed by atoms with E-state index in [1.165, 1.54) is 12.1 Å². The van der Waals surface area contributed by atoms with Crippen molar-refractivity contribution in [2.75, 3.05) is 39.4 Å². The zero-order valence-electron chi connectivity index (χ0n) is 14.2. The van der Waals surface area contributed by atoms with E-state index in [4.69, 9.17) is 9.47 Å². The summed E-state index contributed by atoms with van der Waals surface area (Å²) in [5.41, 5.74) is 0. The van der Waals surface area contributed by atoms with Crippen molar-refractivity contribution in [1.82, 2.24) is 14.9 Å². The van der Waals surface area contributed by atoms with Gasteiger partial charge in [-0.25, -0.2) is 8.42 Å². The first-order valence-corrected chi connectivity index (χ1v) is 9.87. The lowest BCUT2D eigenvalue weighted by molar-refractivity contribution is -0.133. The van der Waals surface area contributed by atoms with Crippen LogP contribution in [0, 0.1) is 0 Å². The molecule has 2 N–H and O–H groups in total. The quantitative estimate of drug-likeness (QED) is 0.772. The van der Waals surface area contributed by atoms with Gasteiger partial charge in [0.05, 0.1) is 24.2 Å². The molecule has 1 fully saturated rings. The predicted molar refractivity (Wildman–Crippen MR) is 91.3 cm³/mol. The van der Waals surface area contributed by atoms with Gasteiger partial charge in [0.25, 0.3) is 0 Å². The maximum Gasteiger partial charge on any atom is 0.241 e. The third-order valence-electron chi connectivity index (χ3n) is 4.16. The highest BCUT2D eigenvalue weighted by molar-refractivity contribution is 7.89. The Kier molecular flexibility index (Phi) is 5.45. The third kappa shape index (κ3) is 4.23. The number of nitrogens with zero attached hydrogens (tertiary/aromatic N) is 1. The number of carbonyl (C=O) groups is 1. The molecule has 8 nitrogen and oxygen atoms in total. The third-order valence-corrected chi connectivity index (χ3v) is 5.70. The van der Waals surface area contributed by atoms with Crippen molar-refractivity contribution in [3.05, 3.63) is 18.2 Å². The van der Waals surface area contributed by atoms with Gasteiger partial charge in [-0.2, -0.15) is 4.72 Å². The largest absolute Gasteiger partial charge is 0.490 e. The number of amides is 1. The first-order valence-electron chi connectivity index (χ1n) is 8.39. The molecule has 25 heavy (non-hydrogen) atoms. The number of hydrogen-bond donors (Lipinski definition) is 2. The van der Waals surface area contributed by atoms with Crippen LogP contribution in [-0.4, -0.2) is 64.7 Å². The van der Waals surface area contributed by atoms with Gasteiger partial charge in [-0.15, -0.1) is 0 Å². The molecule has 1 atom stereocenters. The van der Waals surface area contributed by atoms with Gasteiger partial charge in [0.2, 0.25) is 15.9 Å². The summed E-state index contributed by atoms with van der Waals surface area (Å²) in [7, 11) is -3.84. The molecule has 2 aliphatic rings. The Morgan fingerprint density at radius 1 is 1.20 bits per heavy atom. The van der Waals surface area contributed by atoms with Crippen LogP contribution in [0.4, 0.5) is 0 Å². The smallest absolute Gasteiger partial charge is 0.241 e. The van der Waals surface area contributed by atoms with Gasteiger partial charge < -0.3 is 19.7 Å². The maximum absolute atomic E-state index is 12.6. The molecule has 0 radical (unpaired) electrons. The van der Waals surface area contributed by atoms with E-state index in [2.05, 4.69) is 10.0 Å². The van der Waals surface area contributed by atoms with Crippen LogP contribution in [0.1, 0.15) is 13.3 Å². The maximum atomic E-state index is 12.6. The summed E-state index contributed by atoms with van der Waals surface area (Å²) in [5.74, 6) is 0.710. The monoisotopic (exact) mass is 369 g/mol. The number of rotatable bonds is 4. The summed E-state index contributed by atoms with van der Waals surface area (Å²) in [6.45, 7) is 5.16. The number of ether oxygens (including phenoxy) is 2. The SMILES string of the molecule is CC(NS(=O)(=O)c1ccc2c(c1)OCCCO2)C(=O)N1CCNCC1. The lowest BCUT2D eigenvalue weighted by Crippen LogP contribution is -2.53. The molecule has 1 aromatic carbocycles. The van der Waals surface area contributed by atoms with Gasteiger partial charge in [-0.1, -0.05) is 0 Å². The summed E-state index contributed by atoms with van der Waals surface area (Å²) >= 11 is 0. The number of piperazine rings is 1. The van der Waals surface area contributed by atoms with Crippen molar-refractivity contribution in [2.24, 2.45) is 0 Å². The topological polar surface area (TPSA) is 97.0 Å². The fraction of sp³-hybridized carbons (Fsp3) is 0.562. The molecule has 3 rings (SSSR count). The minimum atomic E-state index is -3.84. The van der Waals surface area contributed by atoms with E-state index in [9.17, 15) is 13.2 Å². The minimum Gasteiger partial charge on any atom is -0.490 e. The summed E-state index contributed by atoms with van der Waals surface area (Å²) in [4.78, 5) is 14.1. The fourth-order valence-corrected chi connectivity index (χ4v) is 4.03. The van der Waals surface area contributed by atoms with E-state index in [-0.39, 0.29) is 10.8 Å². The van der Waals surface area contributed by atoms with Crippen LogP contribution in [0.3, 0.4) is 0 Å². The van der Waals surface area contributed by atoms with Crippen LogP contribution in [0.15, 0.2) is 23.1 Å². The second-order valence-electron chi connectivity index (χ2n) is 6.08. The molecular formula is C16H23N3O5S. The number of carbonyl (C=O) groups excluding carboxylic acids is 1. The summed E-state index contributed by atoms with van der Waals surface area (Å²) in [6.07, 6.45) is 0.741. The Hall–Kier alpha value is -1.84. The van der Waals surface area contributed by atoms with E-state index in [1.807, 2.05) is 0 Å². The molecular weight excluding hydrogens is 346 g/mol. The molecule has 0 aliphatic carbocycles. The first-order chi connectivity index (χ1) is 12.0. The standard InChI is InChI=1S/C16H23N3O5S/c1-12(16(20)19-7-5-17-6-8-19)18-25(21,22)13-3-4-14-15(11-13)24-10-2-9-23-14/h3-4,11-12,17-18H,2,5-10H2,1H3. The average molecular weight is 369 g/mol. The van der Waals surface area contributed by atoms with E-state index in [0.717, 1.165) is 6.42 Å². The summed E-state index contributed by atoms with van der Waals surface area (Å²) in [5, 5.41) is 3.16. The Morgan fingerprint density at radius 3 is 2.60 bits per heavy atom. The average Bonchev–Trinajstić information content (AvgIpc) is 2.86. The first kappa shape index (κ1) is 18.0. The van der Waals surface area contributed by atoms with E-state index >= 15 is 0 Å². The number of sulfonamides is 1. The van der Waals surface area contributed by atoms with Crippen molar-refractivity contribution >= 4 is 15.9 Å². The molecule has 2 heterocycles. The van der Waals surface area contributed by atoms with Crippen molar-refractivity contribution < 1.29 is 22.7 Å². The van der Waals surface area contributed by atoms with Crippen LogP contribution in [0.2, 0.25) is 0 Å². The molecule has 138 valence electrons. The lowest BCUT2D eigenvalue weighted by Gasteiger charge is -2.29. The number of benzene rings is 1. The summed E-state index contributed by atoms with van der Waals surface area (Å²) < 4.78 is 38.7. The molecule has 0 saturated carbocycles. The number of nitrogens with one attached hydrogen (secondary N) is 2. The summed E-state index contributed by atoms with van der Waals surface area (Å²) in [6, 6.07) is 3.64. The Labute approximate surface area is 147 Å². The normalized spacial score (nSPS) is 19.2. The molecule has 0 spiro atoms. The Morgan fingerprint density at radius 2 is 1.88 bits per heavy atom. The van der Waals surface area contributed by atoms with Crippen LogP contribution in [-0.2, 0) is 14.8 Å². The van der Waals surface area contributed by atoms with Crippen molar-refractivity contribution in [2.45, 2.75) is 24.3 Å². The molecule has 9 heteroatoms. The second-order valence-corrected chi connectivity index (χ2v) is 7.79. The van der Waals surface area contributed by atoms with Crippen LogP contribution in [0.25, 0.3) is 0 Å². The zero-order chi connectivity index (χ0) is 17.9.